The molecule has 17 heteroatoms. The van der Waals surface area contributed by atoms with Gasteiger partial charge in [0.15, 0.2) is 5.82 Å². The molecule has 0 saturated carbocycles. The first-order valence-electron chi connectivity index (χ1n) is 10.9. The van der Waals surface area contributed by atoms with Gasteiger partial charge in [-0.15, -0.1) is 10.2 Å². The van der Waals surface area contributed by atoms with Crippen LogP contribution in [0.5, 0.6) is 5.88 Å². The zero-order valence-electron chi connectivity index (χ0n) is 19.9. The Morgan fingerprint density at radius 2 is 1.56 bits per heavy atom. The van der Waals surface area contributed by atoms with E-state index in [9.17, 15) is 26.3 Å². The second-order valence-corrected chi connectivity index (χ2v) is 7.63. The fourth-order valence-electron chi connectivity index (χ4n) is 3.01. The predicted molar refractivity (Wildman–Crippen MR) is 119 cm³/mol. The van der Waals surface area contributed by atoms with Gasteiger partial charge in [-0.1, -0.05) is 12.1 Å². The summed E-state index contributed by atoms with van der Waals surface area (Å²) in [5.74, 6) is -3.04. The molecule has 0 aromatic carbocycles. The lowest BCUT2D eigenvalue weighted by Gasteiger charge is -2.19. The van der Waals surface area contributed by atoms with Crippen LogP contribution in [-0.4, -0.2) is 77.2 Å². The summed E-state index contributed by atoms with van der Waals surface area (Å²) in [7, 11) is 0. The van der Waals surface area contributed by atoms with Gasteiger partial charge in [0.05, 0.1) is 0 Å². The lowest BCUT2D eigenvalue weighted by molar-refractivity contribution is -0.193. The Bertz CT molecular complexity index is 1170. The maximum absolute atomic E-state index is 10.6. The Morgan fingerprint density at radius 3 is 2.10 bits per heavy atom. The second-order valence-electron chi connectivity index (χ2n) is 7.63. The number of nitrogens with zero attached hydrogens (tertiary/aromatic N) is 6. The van der Waals surface area contributed by atoms with E-state index in [0.717, 1.165) is 44.2 Å². The van der Waals surface area contributed by atoms with Crippen molar-refractivity contribution in [3.8, 4) is 5.88 Å². The molecular formula is C22H22F6N6O5. The van der Waals surface area contributed by atoms with Gasteiger partial charge in [0.1, 0.15) is 12.4 Å². The molecule has 0 spiro atoms. The van der Waals surface area contributed by atoms with Crippen molar-refractivity contribution in [2.24, 2.45) is 0 Å². The maximum Gasteiger partial charge on any atom is 0.490 e. The van der Waals surface area contributed by atoms with Crippen molar-refractivity contribution in [1.82, 2.24) is 29.6 Å². The first kappa shape index (κ1) is 30.9. The summed E-state index contributed by atoms with van der Waals surface area (Å²) >= 11 is 0. The van der Waals surface area contributed by atoms with Crippen LogP contribution in [0.1, 0.15) is 17.2 Å². The predicted octanol–water partition coefficient (Wildman–Crippen LogP) is 2.97. The normalized spacial score (nSPS) is 13.5. The highest BCUT2D eigenvalue weighted by Gasteiger charge is 2.38. The van der Waals surface area contributed by atoms with Crippen molar-refractivity contribution in [3.05, 3.63) is 66.1 Å². The fourth-order valence-corrected chi connectivity index (χ4v) is 3.01. The molecule has 4 heterocycles. The second kappa shape index (κ2) is 14.0. The highest BCUT2D eigenvalue weighted by Crippen LogP contribution is 2.15. The van der Waals surface area contributed by atoms with Crippen molar-refractivity contribution in [1.29, 1.82) is 0 Å². The summed E-state index contributed by atoms with van der Waals surface area (Å²) in [5, 5.41) is 22.9. The first-order chi connectivity index (χ1) is 18.3. The van der Waals surface area contributed by atoms with Crippen LogP contribution in [0.4, 0.5) is 26.3 Å². The molecule has 1 aliphatic heterocycles. The zero-order chi connectivity index (χ0) is 29.1. The van der Waals surface area contributed by atoms with Gasteiger partial charge in [-0.2, -0.15) is 26.3 Å². The molecule has 39 heavy (non-hydrogen) atoms. The Hall–Kier alpha value is -4.28. The van der Waals surface area contributed by atoms with Crippen LogP contribution in [0.2, 0.25) is 0 Å². The summed E-state index contributed by atoms with van der Waals surface area (Å²) in [6, 6.07) is 9.71. The van der Waals surface area contributed by atoms with Crippen molar-refractivity contribution in [2.45, 2.75) is 38.5 Å². The van der Waals surface area contributed by atoms with Gasteiger partial charge in [0.2, 0.25) is 5.88 Å². The number of carbonyl (C=O) groups is 2. The van der Waals surface area contributed by atoms with Gasteiger partial charge < -0.3 is 19.5 Å². The van der Waals surface area contributed by atoms with Gasteiger partial charge in [0, 0.05) is 57.3 Å². The summed E-state index contributed by atoms with van der Waals surface area (Å²) in [6.45, 7) is 4.08. The Balaban J connectivity index is 0.000000317. The van der Waals surface area contributed by atoms with Crippen LogP contribution >= 0.6 is 0 Å². The average Bonchev–Trinajstić information content (AvgIpc) is 3.15. The number of hydrogen-bond acceptors (Lipinski definition) is 8. The van der Waals surface area contributed by atoms with Gasteiger partial charge in [0.25, 0.3) is 0 Å². The molecule has 3 aromatic heterocycles. The van der Waals surface area contributed by atoms with Crippen molar-refractivity contribution < 1.29 is 50.9 Å². The van der Waals surface area contributed by atoms with Crippen LogP contribution in [-0.2, 0) is 35.7 Å². The number of alkyl halides is 6. The highest BCUT2D eigenvalue weighted by atomic mass is 19.4. The smallest absolute Gasteiger partial charge is 0.475 e. The van der Waals surface area contributed by atoms with Crippen LogP contribution < -0.4 is 4.74 Å². The largest absolute Gasteiger partial charge is 0.490 e. The van der Waals surface area contributed by atoms with E-state index >= 15 is 0 Å². The van der Waals surface area contributed by atoms with Gasteiger partial charge >= 0.3 is 24.3 Å². The zero-order valence-corrected chi connectivity index (χ0v) is 19.9. The van der Waals surface area contributed by atoms with E-state index in [-0.39, 0.29) is 0 Å². The van der Waals surface area contributed by atoms with E-state index in [1.54, 1.807) is 12.4 Å². The molecule has 0 amide bonds. The highest BCUT2D eigenvalue weighted by molar-refractivity contribution is 5.73. The SMILES string of the molecule is O=C(O)C(F)(F)F.O=C(O)C(F)(F)F.c1ccc(OCc2nnc3n2CCN(Cc2cccnc2)CC3)nc1. The maximum atomic E-state index is 10.6. The third-order valence-corrected chi connectivity index (χ3v) is 4.80. The molecule has 2 N–H and O–H groups in total. The molecule has 0 fully saturated rings. The number of carboxylic acid groups (broad SMARTS) is 2. The quantitative estimate of drug-likeness (QED) is 0.444. The Kier molecular flexibility index (Phi) is 11.1. The van der Waals surface area contributed by atoms with Gasteiger partial charge in [-0.05, 0) is 17.7 Å². The summed E-state index contributed by atoms with van der Waals surface area (Å²) in [5.41, 5.74) is 1.24. The van der Waals surface area contributed by atoms with Gasteiger partial charge in [-0.3, -0.25) is 9.88 Å². The summed E-state index contributed by atoms with van der Waals surface area (Å²) < 4.78 is 71.4. The van der Waals surface area contributed by atoms with Crippen LogP contribution in [0.25, 0.3) is 0 Å². The number of aromatic nitrogens is 5. The van der Waals surface area contributed by atoms with Crippen molar-refractivity contribution >= 4 is 11.9 Å². The number of ether oxygens (including phenoxy) is 1. The molecule has 0 bridgehead atoms. The van der Waals surface area contributed by atoms with Crippen LogP contribution in [0.15, 0.2) is 48.9 Å². The minimum Gasteiger partial charge on any atom is -0.475 e. The molecule has 11 nitrogen and oxygen atoms in total. The van der Waals surface area contributed by atoms with E-state index in [1.165, 1.54) is 5.56 Å². The van der Waals surface area contributed by atoms with E-state index in [0.29, 0.717) is 12.5 Å². The number of pyridine rings is 2. The molecular weight excluding hydrogens is 542 g/mol. The fraction of sp³-hybridized carbons (Fsp3) is 0.364. The molecule has 0 atom stereocenters. The van der Waals surface area contributed by atoms with E-state index in [1.807, 2.05) is 30.5 Å². The lowest BCUT2D eigenvalue weighted by atomic mass is 10.2. The third kappa shape index (κ3) is 10.9. The number of fused-ring (bicyclic) bond motifs is 1. The molecule has 0 unspecified atom stereocenters. The van der Waals surface area contributed by atoms with Crippen LogP contribution in [0.3, 0.4) is 0 Å². The average molecular weight is 564 g/mol. The first-order valence-corrected chi connectivity index (χ1v) is 10.9. The number of halogens is 6. The van der Waals surface area contributed by atoms with Crippen molar-refractivity contribution in [3.63, 3.8) is 0 Å². The molecule has 0 radical (unpaired) electrons. The molecule has 4 rings (SSSR count). The minimum atomic E-state index is -5.08. The topological polar surface area (TPSA) is 144 Å². The number of carboxylic acids is 2. The lowest BCUT2D eigenvalue weighted by Crippen LogP contribution is -2.26. The van der Waals surface area contributed by atoms with E-state index in [2.05, 4.69) is 35.7 Å². The Labute approximate surface area is 216 Å². The van der Waals surface area contributed by atoms with Gasteiger partial charge in [-0.25, -0.2) is 14.6 Å². The molecule has 0 saturated heterocycles. The molecule has 1 aliphatic rings. The molecule has 212 valence electrons. The van der Waals surface area contributed by atoms with E-state index in [4.69, 9.17) is 24.5 Å². The number of aliphatic carboxylic acids is 2. The number of rotatable bonds is 5. The molecule has 0 aliphatic carbocycles. The van der Waals surface area contributed by atoms with E-state index < -0.39 is 24.3 Å². The standard InChI is InChI=1S/C18H20N6O.2C2HF3O2/c1-2-8-20-18(5-1)25-14-17-22-21-16-6-9-23(10-11-24(16)17)13-15-4-3-7-19-12-15;2*3-2(4,5)1(6)7/h1-5,7-8,12H,6,9-11,13-14H2;2*(H,6,7). The summed E-state index contributed by atoms with van der Waals surface area (Å²) in [4.78, 5) is 28.6. The van der Waals surface area contributed by atoms with Crippen molar-refractivity contribution in [2.75, 3.05) is 13.1 Å². The minimum absolute atomic E-state index is 0.382. The number of hydrogen-bond donors (Lipinski definition) is 2. The third-order valence-electron chi connectivity index (χ3n) is 4.80. The van der Waals surface area contributed by atoms with Crippen LogP contribution in [0, 0.1) is 0 Å². The Morgan fingerprint density at radius 1 is 0.897 bits per heavy atom. The molecule has 3 aromatic rings. The monoisotopic (exact) mass is 564 g/mol. The summed E-state index contributed by atoms with van der Waals surface area (Å²) in [6.07, 6.45) is -3.83.